The summed E-state index contributed by atoms with van der Waals surface area (Å²) in [7, 11) is 0. The van der Waals surface area contributed by atoms with E-state index in [0.29, 0.717) is 38.5 Å². The van der Waals surface area contributed by atoms with Crippen LogP contribution in [0.1, 0.15) is 60.8 Å². The minimum absolute atomic E-state index is 0.134. The van der Waals surface area contributed by atoms with Crippen molar-refractivity contribution in [2.75, 3.05) is 13.1 Å². The maximum atomic E-state index is 14.8. The summed E-state index contributed by atoms with van der Waals surface area (Å²) in [5, 5.41) is 12.0. The molecule has 7 rings (SSSR count). The Morgan fingerprint density at radius 2 is 0.650 bits per heavy atom. The fourth-order valence-corrected chi connectivity index (χ4v) is 8.63. The Balaban J connectivity index is 1.29. The van der Waals surface area contributed by atoms with Crippen LogP contribution in [0.4, 0.5) is 0 Å². The Labute approximate surface area is 351 Å². The fourth-order valence-electron chi connectivity index (χ4n) is 8.63. The molecule has 4 N–H and O–H groups in total. The molecule has 3 aliphatic rings. The lowest BCUT2D eigenvalue weighted by molar-refractivity contribution is -0.147. The standard InChI is InChI=1S/C48H54N6O6/c55-43-37(29-33-17-5-1-6-18-33)49-45(57)41-25-13-15-27-53(41)48(60)40(32-36-23-11-4-12-24-36)52-44(56)38(30-34-19-7-2-8-20-34)50-46(58)42-26-14-16-28-54(42)47(59)39(51-43)31-35-21-9-3-10-22-35/h1-12,17-24,37-42H,13-16,25-32H2,(H,49,57)(H,50,58)(H,51,55)(H,52,56)/t37-,38-,39-,40-,41-,42-/m0/s1. The number of amides is 6. The Morgan fingerprint density at radius 1 is 0.367 bits per heavy atom. The van der Waals surface area contributed by atoms with E-state index in [4.69, 9.17) is 0 Å². The number of fused-ring (bicyclic) bond motifs is 2. The van der Waals surface area contributed by atoms with Gasteiger partial charge in [0.05, 0.1) is 0 Å². The van der Waals surface area contributed by atoms with Crippen molar-refractivity contribution in [1.29, 1.82) is 0 Å². The third-order valence-electron chi connectivity index (χ3n) is 11.8. The van der Waals surface area contributed by atoms with Crippen molar-refractivity contribution in [1.82, 2.24) is 31.1 Å². The molecular formula is C48H54N6O6. The second kappa shape index (κ2) is 20.1. The smallest absolute Gasteiger partial charge is 0.246 e. The molecule has 3 saturated heterocycles. The van der Waals surface area contributed by atoms with E-state index in [-0.39, 0.29) is 38.8 Å². The van der Waals surface area contributed by atoms with Gasteiger partial charge in [-0.15, -0.1) is 0 Å². The molecule has 4 aromatic rings. The maximum absolute atomic E-state index is 14.8. The SMILES string of the molecule is O=C1N[C@@H](Cc2ccccc2)C(=O)N2CCCC[C@H]2C(=O)N[C@@H](Cc2ccccc2)C(=O)N[C@@H](Cc2ccccc2)C(=O)N2CCCC[C@H]2C(=O)N[C@H]1Cc1ccccc1. The molecule has 312 valence electrons. The molecule has 6 atom stereocenters. The largest absolute Gasteiger partial charge is 0.342 e. The molecule has 0 saturated carbocycles. The zero-order chi connectivity index (χ0) is 41.8. The van der Waals surface area contributed by atoms with E-state index < -0.39 is 71.7 Å². The molecule has 0 spiro atoms. The molecule has 0 unspecified atom stereocenters. The van der Waals surface area contributed by atoms with Crippen molar-refractivity contribution in [2.45, 2.75) is 100 Å². The lowest BCUT2D eigenvalue weighted by atomic mass is 9.95. The van der Waals surface area contributed by atoms with Gasteiger partial charge in [0.1, 0.15) is 36.3 Å². The maximum Gasteiger partial charge on any atom is 0.246 e. The van der Waals surface area contributed by atoms with Gasteiger partial charge >= 0.3 is 0 Å². The third kappa shape index (κ3) is 10.7. The summed E-state index contributed by atoms with van der Waals surface area (Å²) in [6, 6.07) is 31.1. The number of nitrogens with zero attached hydrogens (tertiary/aromatic N) is 2. The Kier molecular flexibility index (Phi) is 14.0. The van der Waals surface area contributed by atoms with Crippen LogP contribution in [0.2, 0.25) is 0 Å². The van der Waals surface area contributed by atoms with Crippen LogP contribution in [0.25, 0.3) is 0 Å². The van der Waals surface area contributed by atoms with Crippen LogP contribution in [0.5, 0.6) is 0 Å². The first-order valence-corrected chi connectivity index (χ1v) is 21.2. The molecule has 0 aliphatic carbocycles. The van der Waals surface area contributed by atoms with Crippen molar-refractivity contribution in [3.05, 3.63) is 144 Å². The van der Waals surface area contributed by atoms with Crippen molar-refractivity contribution < 1.29 is 28.8 Å². The van der Waals surface area contributed by atoms with E-state index in [2.05, 4.69) is 21.3 Å². The minimum atomic E-state index is -1.09. The van der Waals surface area contributed by atoms with Crippen LogP contribution in [0.3, 0.4) is 0 Å². The number of hydrogen-bond donors (Lipinski definition) is 4. The Bertz CT molecular complexity index is 1950. The van der Waals surface area contributed by atoms with E-state index >= 15 is 0 Å². The monoisotopic (exact) mass is 810 g/mol. The number of carbonyl (C=O) groups excluding carboxylic acids is 6. The van der Waals surface area contributed by atoms with Gasteiger partial charge in [-0.1, -0.05) is 121 Å². The number of hydrogen-bond acceptors (Lipinski definition) is 6. The zero-order valence-corrected chi connectivity index (χ0v) is 33.8. The second-order valence-corrected chi connectivity index (χ2v) is 16.1. The first-order chi connectivity index (χ1) is 29.2. The average Bonchev–Trinajstić information content (AvgIpc) is 3.28. The van der Waals surface area contributed by atoms with E-state index in [1.54, 1.807) is 0 Å². The van der Waals surface area contributed by atoms with E-state index in [1.165, 1.54) is 9.80 Å². The molecule has 60 heavy (non-hydrogen) atoms. The van der Waals surface area contributed by atoms with Gasteiger partial charge in [-0.3, -0.25) is 28.8 Å². The van der Waals surface area contributed by atoms with E-state index in [0.717, 1.165) is 22.3 Å². The van der Waals surface area contributed by atoms with Crippen molar-refractivity contribution >= 4 is 35.4 Å². The van der Waals surface area contributed by atoms with Crippen molar-refractivity contribution in [3.63, 3.8) is 0 Å². The highest BCUT2D eigenvalue weighted by Gasteiger charge is 2.41. The summed E-state index contributed by atoms with van der Waals surface area (Å²) in [4.78, 5) is 90.7. The highest BCUT2D eigenvalue weighted by molar-refractivity contribution is 5.98. The highest BCUT2D eigenvalue weighted by Crippen LogP contribution is 2.23. The summed E-state index contributed by atoms with van der Waals surface area (Å²) in [6.07, 6.45) is 3.97. The van der Waals surface area contributed by atoms with Crippen LogP contribution in [-0.2, 0) is 54.5 Å². The molecule has 0 aromatic heterocycles. The summed E-state index contributed by atoms with van der Waals surface area (Å²) in [5.74, 6) is -2.91. The predicted molar refractivity (Wildman–Crippen MR) is 227 cm³/mol. The van der Waals surface area contributed by atoms with Gasteiger partial charge in [0.15, 0.2) is 0 Å². The Morgan fingerprint density at radius 3 is 0.967 bits per heavy atom. The van der Waals surface area contributed by atoms with Gasteiger partial charge in [-0.25, -0.2) is 0 Å². The van der Waals surface area contributed by atoms with E-state index in [1.807, 2.05) is 121 Å². The molecule has 6 amide bonds. The number of benzene rings is 4. The van der Waals surface area contributed by atoms with Crippen LogP contribution in [-0.4, -0.2) is 94.6 Å². The van der Waals surface area contributed by atoms with Crippen molar-refractivity contribution in [3.8, 4) is 0 Å². The molecule has 0 radical (unpaired) electrons. The Hall–Kier alpha value is -6.30. The quantitative estimate of drug-likeness (QED) is 0.213. The lowest BCUT2D eigenvalue weighted by Crippen LogP contribution is -2.64. The van der Waals surface area contributed by atoms with Crippen LogP contribution in [0, 0.1) is 0 Å². The molecular weight excluding hydrogens is 757 g/mol. The number of piperidine rings is 2. The number of carbonyl (C=O) groups is 6. The van der Waals surface area contributed by atoms with Gasteiger partial charge < -0.3 is 31.1 Å². The molecule has 0 bridgehead atoms. The highest BCUT2D eigenvalue weighted by atomic mass is 16.2. The summed E-state index contributed by atoms with van der Waals surface area (Å²) in [5.41, 5.74) is 3.21. The lowest BCUT2D eigenvalue weighted by Gasteiger charge is -2.39. The summed E-state index contributed by atoms with van der Waals surface area (Å²) < 4.78 is 0. The first-order valence-electron chi connectivity index (χ1n) is 21.2. The molecule has 12 heteroatoms. The fraction of sp³-hybridized carbons (Fsp3) is 0.375. The van der Waals surface area contributed by atoms with Crippen LogP contribution in [0.15, 0.2) is 121 Å². The summed E-state index contributed by atoms with van der Waals surface area (Å²) >= 11 is 0. The third-order valence-corrected chi connectivity index (χ3v) is 11.8. The van der Waals surface area contributed by atoms with Crippen LogP contribution < -0.4 is 21.3 Å². The normalized spacial score (nSPS) is 24.7. The minimum Gasteiger partial charge on any atom is -0.342 e. The molecule has 12 nitrogen and oxygen atoms in total. The van der Waals surface area contributed by atoms with Gasteiger partial charge in [0.25, 0.3) is 0 Å². The topological polar surface area (TPSA) is 157 Å². The zero-order valence-electron chi connectivity index (χ0n) is 33.8. The van der Waals surface area contributed by atoms with Gasteiger partial charge in [0.2, 0.25) is 35.4 Å². The first kappa shape index (κ1) is 41.8. The average molecular weight is 811 g/mol. The van der Waals surface area contributed by atoms with Gasteiger partial charge in [0, 0.05) is 38.8 Å². The number of nitrogens with one attached hydrogen (secondary N) is 4. The number of rotatable bonds is 8. The molecule has 4 aromatic carbocycles. The molecule has 3 fully saturated rings. The van der Waals surface area contributed by atoms with Gasteiger partial charge in [-0.05, 0) is 60.8 Å². The van der Waals surface area contributed by atoms with Crippen molar-refractivity contribution in [2.24, 2.45) is 0 Å². The van der Waals surface area contributed by atoms with Gasteiger partial charge in [-0.2, -0.15) is 0 Å². The molecule has 3 aliphatic heterocycles. The van der Waals surface area contributed by atoms with Crippen LogP contribution >= 0.6 is 0 Å². The van der Waals surface area contributed by atoms with E-state index in [9.17, 15) is 28.8 Å². The molecule has 3 heterocycles. The second-order valence-electron chi connectivity index (χ2n) is 16.1. The predicted octanol–water partition coefficient (Wildman–Crippen LogP) is 3.67. The summed E-state index contributed by atoms with van der Waals surface area (Å²) in [6.45, 7) is 0.561.